The number of rotatable bonds is 3. The first-order valence-electron chi connectivity index (χ1n) is 6.67. The quantitative estimate of drug-likeness (QED) is 0.864. The monoisotopic (exact) mass is 232 g/mol. The van der Waals surface area contributed by atoms with Gasteiger partial charge in [-0.2, -0.15) is 0 Å². The van der Waals surface area contributed by atoms with Gasteiger partial charge in [0.05, 0.1) is 0 Å². The van der Waals surface area contributed by atoms with Crippen LogP contribution in [-0.2, 0) is 6.54 Å². The fourth-order valence-corrected chi connectivity index (χ4v) is 3.27. The van der Waals surface area contributed by atoms with Crippen LogP contribution >= 0.6 is 0 Å². The van der Waals surface area contributed by atoms with Crippen molar-refractivity contribution in [1.82, 2.24) is 10.3 Å². The minimum absolute atomic E-state index is 0.490. The molecule has 2 nitrogen and oxygen atoms in total. The van der Waals surface area contributed by atoms with Crippen LogP contribution in [0.4, 0.5) is 0 Å². The van der Waals surface area contributed by atoms with Crippen LogP contribution in [0.3, 0.4) is 0 Å². The van der Waals surface area contributed by atoms with Gasteiger partial charge in [-0.15, -0.1) is 0 Å². The third kappa shape index (κ3) is 3.81. The summed E-state index contributed by atoms with van der Waals surface area (Å²) in [7, 11) is 0. The number of nitrogens with zero attached hydrogens (tertiary/aromatic N) is 1. The van der Waals surface area contributed by atoms with Gasteiger partial charge in [0.2, 0.25) is 0 Å². The van der Waals surface area contributed by atoms with Crippen LogP contribution in [0, 0.1) is 11.3 Å². The van der Waals surface area contributed by atoms with E-state index in [-0.39, 0.29) is 0 Å². The summed E-state index contributed by atoms with van der Waals surface area (Å²) in [5, 5.41) is 3.68. The molecule has 1 aliphatic carbocycles. The van der Waals surface area contributed by atoms with Gasteiger partial charge in [0.1, 0.15) is 0 Å². The number of nitrogens with one attached hydrogen (secondary N) is 1. The molecule has 1 aromatic rings. The Morgan fingerprint density at radius 3 is 2.88 bits per heavy atom. The molecule has 0 radical (unpaired) electrons. The molecule has 94 valence electrons. The number of pyridine rings is 1. The van der Waals surface area contributed by atoms with Crippen molar-refractivity contribution < 1.29 is 0 Å². The highest BCUT2D eigenvalue weighted by Gasteiger charge is 2.31. The van der Waals surface area contributed by atoms with E-state index in [1.807, 2.05) is 18.5 Å². The van der Waals surface area contributed by atoms with Crippen LogP contribution in [0.2, 0.25) is 0 Å². The number of hydrogen-bond acceptors (Lipinski definition) is 2. The Kier molecular flexibility index (Phi) is 3.82. The van der Waals surface area contributed by atoms with Gasteiger partial charge in [-0.3, -0.25) is 4.98 Å². The molecule has 2 atom stereocenters. The summed E-state index contributed by atoms with van der Waals surface area (Å²) in [6.07, 6.45) is 7.74. The lowest BCUT2D eigenvalue weighted by Gasteiger charge is -2.39. The summed E-state index contributed by atoms with van der Waals surface area (Å²) in [4.78, 5) is 4.15. The fraction of sp³-hybridized carbons (Fsp3) is 0.667. The molecule has 1 aromatic heterocycles. The zero-order chi connectivity index (χ0) is 12.3. The van der Waals surface area contributed by atoms with Crippen LogP contribution in [0.1, 0.15) is 45.6 Å². The van der Waals surface area contributed by atoms with Crippen molar-refractivity contribution in [2.75, 3.05) is 0 Å². The molecule has 0 amide bonds. The average Bonchev–Trinajstić information content (AvgIpc) is 2.25. The Bertz CT molecular complexity index is 345. The number of aromatic nitrogens is 1. The molecule has 1 heterocycles. The van der Waals surface area contributed by atoms with Crippen molar-refractivity contribution >= 4 is 0 Å². The smallest absolute Gasteiger partial charge is 0.0312 e. The van der Waals surface area contributed by atoms with Crippen LogP contribution < -0.4 is 5.32 Å². The summed E-state index contributed by atoms with van der Waals surface area (Å²) < 4.78 is 0. The van der Waals surface area contributed by atoms with Crippen LogP contribution in [0.25, 0.3) is 0 Å². The van der Waals surface area contributed by atoms with Gasteiger partial charge in [-0.05, 0) is 42.2 Å². The molecule has 0 aliphatic heterocycles. The minimum atomic E-state index is 0.490. The predicted octanol–water partition coefficient (Wildman–Crippen LogP) is 3.39. The lowest BCUT2D eigenvalue weighted by molar-refractivity contribution is 0.151. The predicted molar refractivity (Wildman–Crippen MR) is 71.7 cm³/mol. The standard InChI is InChI=1S/C15H24N2/c1-12-7-14(9-15(2,3)8-12)17-11-13-5-4-6-16-10-13/h4-6,10,12,14,17H,7-9,11H2,1-3H3. The SMILES string of the molecule is CC1CC(NCc2cccnc2)CC(C)(C)C1. The van der Waals surface area contributed by atoms with E-state index >= 15 is 0 Å². The third-order valence-corrected chi connectivity index (χ3v) is 3.70. The van der Waals surface area contributed by atoms with E-state index in [1.165, 1.54) is 24.8 Å². The molecule has 2 unspecified atom stereocenters. The second-order valence-corrected chi connectivity index (χ2v) is 6.35. The third-order valence-electron chi connectivity index (χ3n) is 3.70. The normalized spacial score (nSPS) is 27.9. The molecule has 0 spiro atoms. The second kappa shape index (κ2) is 5.18. The van der Waals surface area contributed by atoms with Gasteiger partial charge >= 0.3 is 0 Å². The summed E-state index contributed by atoms with van der Waals surface area (Å²) in [6, 6.07) is 4.80. The van der Waals surface area contributed by atoms with Gasteiger partial charge < -0.3 is 5.32 Å². The van der Waals surface area contributed by atoms with Gasteiger partial charge in [-0.25, -0.2) is 0 Å². The van der Waals surface area contributed by atoms with Crippen molar-refractivity contribution in [3.05, 3.63) is 30.1 Å². The van der Waals surface area contributed by atoms with E-state index in [9.17, 15) is 0 Å². The minimum Gasteiger partial charge on any atom is -0.310 e. The molecule has 2 heteroatoms. The molecule has 0 aromatic carbocycles. The fourth-order valence-electron chi connectivity index (χ4n) is 3.27. The highest BCUT2D eigenvalue weighted by Crippen LogP contribution is 2.38. The van der Waals surface area contributed by atoms with Crippen LogP contribution in [0.15, 0.2) is 24.5 Å². The van der Waals surface area contributed by atoms with E-state index in [1.54, 1.807) is 0 Å². The lowest BCUT2D eigenvalue weighted by Crippen LogP contribution is -2.39. The van der Waals surface area contributed by atoms with Gasteiger partial charge in [0.15, 0.2) is 0 Å². The first-order chi connectivity index (χ1) is 8.05. The first kappa shape index (κ1) is 12.6. The zero-order valence-electron chi connectivity index (χ0n) is 11.2. The highest BCUT2D eigenvalue weighted by atomic mass is 14.9. The highest BCUT2D eigenvalue weighted by molar-refractivity contribution is 5.08. The van der Waals surface area contributed by atoms with Crippen molar-refractivity contribution in [3.8, 4) is 0 Å². The van der Waals surface area contributed by atoms with E-state index in [2.05, 4.69) is 37.1 Å². The van der Waals surface area contributed by atoms with Gasteiger partial charge in [0, 0.05) is 25.0 Å². The maximum atomic E-state index is 4.15. The first-order valence-corrected chi connectivity index (χ1v) is 6.67. The Morgan fingerprint density at radius 2 is 2.24 bits per heavy atom. The Labute approximate surface area is 105 Å². The second-order valence-electron chi connectivity index (χ2n) is 6.35. The summed E-state index contributed by atoms with van der Waals surface area (Å²) >= 11 is 0. The van der Waals surface area contributed by atoms with Crippen molar-refractivity contribution in [2.24, 2.45) is 11.3 Å². The van der Waals surface area contributed by atoms with Crippen molar-refractivity contribution in [1.29, 1.82) is 0 Å². The summed E-state index contributed by atoms with van der Waals surface area (Å²) in [6.45, 7) is 8.10. The van der Waals surface area contributed by atoms with Gasteiger partial charge in [0.25, 0.3) is 0 Å². The zero-order valence-corrected chi connectivity index (χ0v) is 11.2. The van der Waals surface area contributed by atoms with E-state index in [4.69, 9.17) is 0 Å². The molecular formula is C15H24N2. The maximum Gasteiger partial charge on any atom is 0.0312 e. The molecular weight excluding hydrogens is 208 g/mol. The number of hydrogen-bond donors (Lipinski definition) is 1. The average molecular weight is 232 g/mol. The van der Waals surface area contributed by atoms with Gasteiger partial charge in [-0.1, -0.05) is 26.8 Å². The largest absolute Gasteiger partial charge is 0.310 e. The molecule has 2 rings (SSSR count). The topological polar surface area (TPSA) is 24.9 Å². The Morgan fingerprint density at radius 1 is 1.41 bits per heavy atom. The van der Waals surface area contributed by atoms with E-state index in [0.29, 0.717) is 11.5 Å². The molecule has 1 fully saturated rings. The summed E-state index contributed by atoms with van der Waals surface area (Å²) in [5.74, 6) is 0.838. The van der Waals surface area contributed by atoms with Crippen molar-refractivity contribution in [2.45, 2.75) is 52.6 Å². The lowest BCUT2D eigenvalue weighted by atomic mass is 9.70. The van der Waals surface area contributed by atoms with Crippen LogP contribution in [0.5, 0.6) is 0 Å². The van der Waals surface area contributed by atoms with Crippen LogP contribution in [-0.4, -0.2) is 11.0 Å². The molecule has 1 aliphatic rings. The Hall–Kier alpha value is -0.890. The summed E-state index contributed by atoms with van der Waals surface area (Å²) in [5.41, 5.74) is 1.77. The Balaban J connectivity index is 1.87. The maximum absolute atomic E-state index is 4.15. The molecule has 17 heavy (non-hydrogen) atoms. The van der Waals surface area contributed by atoms with E-state index in [0.717, 1.165) is 12.5 Å². The van der Waals surface area contributed by atoms with E-state index < -0.39 is 0 Å². The van der Waals surface area contributed by atoms with Crippen molar-refractivity contribution in [3.63, 3.8) is 0 Å². The molecule has 1 saturated carbocycles. The molecule has 1 N–H and O–H groups in total. The molecule has 0 saturated heterocycles. The molecule has 0 bridgehead atoms.